The predicted octanol–water partition coefficient (Wildman–Crippen LogP) is 1.99. The number of nitrogens with zero attached hydrogens (tertiary/aromatic N) is 3. The molecule has 0 spiro atoms. The van der Waals surface area contributed by atoms with Gasteiger partial charge in [-0.05, 0) is 49.8 Å². The summed E-state index contributed by atoms with van der Waals surface area (Å²) in [6, 6.07) is 8.20. The summed E-state index contributed by atoms with van der Waals surface area (Å²) in [5.74, 6) is 1.77. The van der Waals surface area contributed by atoms with Gasteiger partial charge in [0.2, 0.25) is 10.0 Å². The number of hydrogen-bond donors (Lipinski definition) is 0. The Balaban J connectivity index is 1.25. The molecule has 1 saturated carbocycles. The highest BCUT2D eigenvalue weighted by molar-refractivity contribution is 7.89. The standard InChI is InChI=1S/C21H25N3O5S/c25-21-6-4-18(16-1-2-16)22-24(21)14-15-7-9-23(10-8-15)30(26,27)17-3-5-19-20(13-17)29-12-11-28-19/h3-6,13,15-16H,1-2,7-12,14H2. The van der Waals surface area contributed by atoms with Crippen LogP contribution in [0.1, 0.15) is 37.3 Å². The molecule has 2 aliphatic heterocycles. The number of piperidine rings is 1. The first-order chi connectivity index (χ1) is 14.5. The van der Waals surface area contributed by atoms with Gasteiger partial charge in [-0.15, -0.1) is 0 Å². The van der Waals surface area contributed by atoms with Crippen molar-refractivity contribution in [2.45, 2.75) is 43.0 Å². The molecule has 1 aromatic heterocycles. The van der Waals surface area contributed by atoms with Gasteiger partial charge >= 0.3 is 0 Å². The maximum atomic E-state index is 13.1. The van der Waals surface area contributed by atoms with E-state index >= 15 is 0 Å². The summed E-state index contributed by atoms with van der Waals surface area (Å²) >= 11 is 0. The van der Waals surface area contributed by atoms with Crippen LogP contribution in [0.15, 0.2) is 40.0 Å². The van der Waals surface area contributed by atoms with Gasteiger partial charge in [0.05, 0.1) is 10.6 Å². The third-order valence-electron chi connectivity index (χ3n) is 6.04. The Bertz CT molecular complexity index is 1100. The third kappa shape index (κ3) is 3.83. The molecule has 0 radical (unpaired) electrons. The molecule has 2 aromatic rings. The van der Waals surface area contributed by atoms with Gasteiger partial charge in [-0.3, -0.25) is 4.79 Å². The van der Waals surface area contributed by atoms with Crippen molar-refractivity contribution in [1.29, 1.82) is 0 Å². The van der Waals surface area contributed by atoms with Gasteiger partial charge in [-0.25, -0.2) is 13.1 Å². The molecule has 5 rings (SSSR count). The minimum atomic E-state index is -3.60. The third-order valence-corrected chi connectivity index (χ3v) is 7.93. The molecule has 1 saturated heterocycles. The van der Waals surface area contributed by atoms with Crippen LogP contribution in [-0.2, 0) is 16.6 Å². The van der Waals surface area contributed by atoms with Crippen LogP contribution in [0.5, 0.6) is 11.5 Å². The van der Waals surface area contributed by atoms with Gasteiger partial charge in [0.15, 0.2) is 11.5 Å². The summed E-state index contributed by atoms with van der Waals surface area (Å²) in [5, 5.41) is 4.53. The highest BCUT2D eigenvalue weighted by atomic mass is 32.2. The Kier molecular flexibility index (Phi) is 5.02. The molecule has 0 atom stereocenters. The van der Waals surface area contributed by atoms with E-state index in [-0.39, 0.29) is 16.4 Å². The normalized spacial score (nSPS) is 20.3. The van der Waals surface area contributed by atoms with Crippen molar-refractivity contribution in [1.82, 2.24) is 14.1 Å². The number of sulfonamides is 1. The number of fused-ring (bicyclic) bond motifs is 1. The molecule has 1 aliphatic carbocycles. The summed E-state index contributed by atoms with van der Waals surface area (Å²) in [5.41, 5.74) is 0.902. The number of hydrogen-bond acceptors (Lipinski definition) is 6. The van der Waals surface area contributed by atoms with Crippen LogP contribution in [0.2, 0.25) is 0 Å². The van der Waals surface area contributed by atoms with Crippen LogP contribution in [-0.4, -0.2) is 48.8 Å². The lowest BCUT2D eigenvalue weighted by Crippen LogP contribution is -2.40. The summed E-state index contributed by atoms with van der Waals surface area (Å²) in [6.07, 6.45) is 3.68. The lowest BCUT2D eigenvalue weighted by atomic mass is 9.98. The highest BCUT2D eigenvalue weighted by Crippen LogP contribution is 2.38. The quantitative estimate of drug-likeness (QED) is 0.719. The van der Waals surface area contributed by atoms with Gasteiger partial charge < -0.3 is 9.47 Å². The summed E-state index contributed by atoms with van der Waals surface area (Å²) < 4.78 is 40.2. The van der Waals surface area contributed by atoms with Crippen molar-refractivity contribution in [3.63, 3.8) is 0 Å². The van der Waals surface area contributed by atoms with Gasteiger partial charge in [-0.1, -0.05) is 0 Å². The highest BCUT2D eigenvalue weighted by Gasteiger charge is 2.31. The molecule has 0 amide bonds. The Morgan fingerprint density at radius 3 is 2.43 bits per heavy atom. The van der Waals surface area contributed by atoms with Crippen molar-refractivity contribution < 1.29 is 17.9 Å². The molecule has 3 heterocycles. The SMILES string of the molecule is O=c1ccc(C2CC2)nn1CC1CCN(S(=O)(=O)c2ccc3c(c2)OCCO3)CC1. The Morgan fingerprint density at radius 2 is 1.70 bits per heavy atom. The van der Waals surface area contributed by atoms with E-state index in [9.17, 15) is 13.2 Å². The average Bonchev–Trinajstić information content (AvgIpc) is 3.61. The maximum absolute atomic E-state index is 13.1. The number of rotatable bonds is 5. The van der Waals surface area contributed by atoms with Crippen LogP contribution in [0.25, 0.3) is 0 Å². The number of aromatic nitrogens is 2. The number of ether oxygens (including phenoxy) is 2. The van der Waals surface area contributed by atoms with E-state index in [2.05, 4.69) is 5.10 Å². The minimum absolute atomic E-state index is 0.0919. The fourth-order valence-electron chi connectivity index (χ4n) is 4.10. The molecule has 30 heavy (non-hydrogen) atoms. The van der Waals surface area contributed by atoms with Gasteiger partial charge in [0.1, 0.15) is 13.2 Å². The second kappa shape index (κ2) is 7.70. The molecule has 1 aromatic carbocycles. The lowest BCUT2D eigenvalue weighted by molar-refractivity contribution is 0.171. The summed E-state index contributed by atoms with van der Waals surface area (Å²) in [4.78, 5) is 12.4. The average molecular weight is 432 g/mol. The van der Waals surface area contributed by atoms with Crippen LogP contribution in [0.4, 0.5) is 0 Å². The maximum Gasteiger partial charge on any atom is 0.266 e. The van der Waals surface area contributed by atoms with Crippen molar-refractivity contribution in [3.8, 4) is 11.5 Å². The molecule has 0 N–H and O–H groups in total. The Morgan fingerprint density at radius 1 is 0.967 bits per heavy atom. The van der Waals surface area contributed by atoms with E-state index in [0.29, 0.717) is 63.1 Å². The molecule has 0 unspecified atom stereocenters. The van der Waals surface area contributed by atoms with Crippen LogP contribution in [0, 0.1) is 5.92 Å². The molecular weight excluding hydrogens is 406 g/mol. The Hall–Kier alpha value is -2.39. The largest absolute Gasteiger partial charge is 0.486 e. The summed E-state index contributed by atoms with van der Waals surface area (Å²) in [6.45, 7) is 2.28. The van der Waals surface area contributed by atoms with Crippen LogP contribution in [0.3, 0.4) is 0 Å². The van der Waals surface area contributed by atoms with E-state index in [1.807, 2.05) is 6.07 Å². The lowest BCUT2D eigenvalue weighted by Gasteiger charge is -2.31. The predicted molar refractivity (Wildman–Crippen MR) is 109 cm³/mol. The molecule has 160 valence electrons. The van der Waals surface area contributed by atoms with Crippen molar-refractivity contribution in [3.05, 3.63) is 46.4 Å². The zero-order chi connectivity index (χ0) is 20.7. The minimum Gasteiger partial charge on any atom is -0.486 e. The first-order valence-corrected chi connectivity index (χ1v) is 11.9. The van der Waals surface area contributed by atoms with Crippen molar-refractivity contribution in [2.75, 3.05) is 26.3 Å². The zero-order valence-electron chi connectivity index (χ0n) is 16.7. The molecule has 2 fully saturated rings. The monoisotopic (exact) mass is 431 g/mol. The number of benzene rings is 1. The molecule has 3 aliphatic rings. The molecular formula is C21H25N3O5S. The van der Waals surface area contributed by atoms with Gasteiger partial charge in [-0.2, -0.15) is 9.40 Å². The van der Waals surface area contributed by atoms with Gasteiger partial charge in [0, 0.05) is 37.7 Å². The van der Waals surface area contributed by atoms with Crippen molar-refractivity contribution >= 4 is 10.0 Å². The topological polar surface area (TPSA) is 90.7 Å². The van der Waals surface area contributed by atoms with E-state index in [1.165, 1.54) is 4.31 Å². The second-order valence-corrected chi connectivity index (χ2v) is 10.1. The van der Waals surface area contributed by atoms with E-state index < -0.39 is 10.0 Å². The first kappa shape index (κ1) is 19.6. The smallest absolute Gasteiger partial charge is 0.266 e. The molecule has 8 nitrogen and oxygen atoms in total. The van der Waals surface area contributed by atoms with Crippen LogP contribution < -0.4 is 15.0 Å². The zero-order valence-corrected chi connectivity index (χ0v) is 17.5. The van der Waals surface area contributed by atoms with Gasteiger partial charge in [0.25, 0.3) is 5.56 Å². The fraction of sp³-hybridized carbons (Fsp3) is 0.524. The molecule has 9 heteroatoms. The van der Waals surface area contributed by atoms with E-state index in [1.54, 1.807) is 28.9 Å². The molecule has 0 bridgehead atoms. The first-order valence-electron chi connectivity index (χ1n) is 10.5. The van der Waals surface area contributed by atoms with E-state index in [4.69, 9.17) is 9.47 Å². The second-order valence-electron chi connectivity index (χ2n) is 8.21. The van der Waals surface area contributed by atoms with Crippen LogP contribution >= 0.6 is 0 Å². The Labute approximate surface area is 175 Å². The fourth-order valence-corrected chi connectivity index (χ4v) is 5.59. The van der Waals surface area contributed by atoms with E-state index in [0.717, 1.165) is 18.5 Å². The van der Waals surface area contributed by atoms with Crippen molar-refractivity contribution in [2.24, 2.45) is 5.92 Å². The summed E-state index contributed by atoms with van der Waals surface area (Å²) in [7, 11) is -3.60.